The van der Waals surface area contributed by atoms with E-state index in [0.717, 1.165) is 5.56 Å². The standard InChI is InChI=1S/C29H29FN4O4/c1-20-7-2-3-11-24(20)28(37)34-25(26(35)32-18-23-10-4-5-14-31-23)19-38-29(34)12-15-33(16-13-29)27(36)21-8-6-9-22(30)17-21/h2-11,14,17,25H,12-13,15-16,18-19H2,1H3,(H,32,35). The van der Waals surface area contributed by atoms with Crippen LogP contribution in [0.1, 0.15) is 44.8 Å². The van der Waals surface area contributed by atoms with Crippen LogP contribution in [0.5, 0.6) is 0 Å². The fraction of sp³-hybridized carbons (Fsp3) is 0.310. The van der Waals surface area contributed by atoms with Crippen LogP contribution in [-0.4, -0.2) is 64.0 Å². The molecule has 38 heavy (non-hydrogen) atoms. The van der Waals surface area contributed by atoms with Crippen molar-refractivity contribution in [3.05, 3.63) is 101 Å². The molecule has 0 aliphatic carbocycles. The first-order chi connectivity index (χ1) is 18.4. The van der Waals surface area contributed by atoms with Gasteiger partial charge < -0.3 is 15.0 Å². The largest absolute Gasteiger partial charge is 0.353 e. The van der Waals surface area contributed by atoms with Crippen molar-refractivity contribution in [3.8, 4) is 0 Å². The number of hydrogen-bond donors (Lipinski definition) is 1. The van der Waals surface area contributed by atoms with E-state index >= 15 is 0 Å². The van der Waals surface area contributed by atoms with Gasteiger partial charge in [-0.25, -0.2) is 4.39 Å². The Hall–Kier alpha value is -4.11. The Morgan fingerprint density at radius 1 is 1.03 bits per heavy atom. The lowest BCUT2D eigenvalue weighted by molar-refractivity contribution is -0.128. The average molecular weight is 517 g/mol. The maximum Gasteiger partial charge on any atom is 0.257 e. The van der Waals surface area contributed by atoms with Crippen LogP contribution >= 0.6 is 0 Å². The topological polar surface area (TPSA) is 91.8 Å². The van der Waals surface area contributed by atoms with E-state index in [0.29, 0.717) is 37.2 Å². The molecule has 5 rings (SSSR count). The highest BCUT2D eigenvalue weighted by Gasteiger charge is 2.54. The van der Waals surface area contributed by atoms with Gasteiger partial charge in [-0.1, -0.05) is 30.3 Å². The maximum atomic E-state index is 13.9. The first-order valence-corrected chi connectivity index (χ1v) is 12.6. The Balaban J connectivity index is 1.37. The molecule has 196 valence electrons. The van der Waals surface area contributed by atoms with E-state index in [2.05, 4.69) is 10.3 Å². The number of benzene rings is 2. The monoisotopic (exact) mass is 516 g/mol. The lowest BCUT2D eigenvalue weighted by atomic mass is 9.95. The molecular formula is C29H29FN4O4. The van der Waals surface area contributed by atoms with Crippen LogP contribution in [0.25, 0.3) is 0 Å². The van der Waals surface area contributed by atoms with Gasteiger partial charge in [0.25, 0.3) is 11.8 Å². The molecular weight excluding hydrogens is 487 g/mol. The van der Waals surface area contributed by atoms with Gasteiger partial charge in [0.2, 0.25) is 5.91 Å². The minimum Gasteiger partial charge on any atom is -0.353 e. The fourth-order valence-corrected chi connectivity index (χ4v) is 5.17. The van der Waals surface area contributed by atoms with E-state index in [1.54, 1.807) is 40.3 Å². The van der Waals surface area contributed by atoms with Crippen LogP contribution in [0.15, 0.2) is 72.9 Å². The summed E-state index contributed by atoms with van der Waals surface area (Å²) in [4.78, 5) is 47.7. The Bertz CT molecular complexity index is 1340. The van der Waals surface area contributed by atoms with Crippen LogP contribution < -0.4 is 5.32 Å². The molecule has 2 fully saturated rings. The van der Waals surface area contributed by atoms with Crippen LogP contribution in [0.4, 0.5) is 4.39 Å². The Morgan fingerprint density at radius 2 is 1.79 bits per heavy atom. The van der Waals surface area contributed by atoms with Crippen molar-refractivity contribution in [2.75, 3.05) is 19.7 Å². The second-order valence-electron chi connectivity index (χ2n) is 9.60. The van der Waals surface area contributed by atoms with Crippen molar-refractivity contribution in [2.24, 2.45) is 0 Å². The first kappa shape index (κ1) is 25.5. The van der Waals surface area contributed by atoms with Gasteiger partial charge in [0.05, 0.1) is 18.8 Å². The predicted molar refractivity (Wildman–Crippen MR) is 137 cm³/mol. The zero-order chi connectivity index (χ0) is 26.7. The molecule has 1 atom stereocenters. The van der Waals surface area contributed by atoms with Crippen LogP contribution in [0.3, 0.4) is 0 Å². The minimum atomic E-state index is -1.04. The number of nitrogens with zero attached hydrogens (tertiary/aromatic N) is 3. The molecule has 1 N–H and O–H groups in total. The summed E-state index contributed by atoms with van der Waals surface area (Å²) in [6, 6.07) is 17.5. The molecule has 1 unspecified atom stereocenters. The molecule has 3 amide bonds. The lowest BCUT2D eigenvalue weighted by Gasteiger charge is -2.44. The summed E-state index contributed by atoms with van der Waals surface area (Å²) in [6.07, 6.45) is 2.31. The quantitative estimate of drug-likeness (QED) is 0.562. The number of ether oxygens (including phenoxy) is 1. The number of aryl methyl sites for hydroxylation is 1. The van der Waals surface area contributed by atoms with E-state index in [-0.39, 0.29) is 36.4 Å². The summed E-state index contributed by atoms with van der Waals surface area (Å²) in [7, 11) is 0. The Labute approximate surface area is 220 Å². The SMILES string of the molecule is Cc1ccccc1C(=O)N1C(C(=O)NCc2ccccn2)COC12CCN(C(=O)c1cccc(F)c1)CC2. The van der Waals surface area contributed by atoms with Crippen molar-refractivity contribution in [2.45, 2.75) is 38.1 Å². The first-order valence-electron chi connectivity index (χ1n) is 12.6. The molecule has 1 aromatic heterocycles. The number of hydrogen-bond acceptors (Lipinski definition) is 5. The number of amides is 3. The summed E-state index contributed by atoms with van der Waals surface area (Å²) < 4.78 is 19.9. The van der Waals surface area contributed by atoms with E-state index in [1.165, 1.54) is 18.2 Å². The number of carbonyl (C=O) groups excluding carboxylic acids is 3. The van der Waals surface area contributed by atoms with Gasteiger partial charge in [-0.3, -0.25) is 24.3 Å². The van der Waals surface area contributed by atoms with Gasteiger partial charge in [-0.15, -0.1) is 0 Å². The molecule has 0 saturated carbocycles. The van der Waals surface area contributed by atoms with Crippen molar-refractivity contribution in [1.82, 2.24) is 20.1 Å². The molecule has 2 aliphatic rings. The normalized spacial score (nSPS) is 18.4. The van der Waals surface area contributed by atoms with Crippen molar-refractivity contribution < 1.29 is 23.5 Å². The van der Waals surface area contributed by atoms with Crippen molar-refractivity contribution in [1.29, 1.82) is 0 Å². The lowest BCUT2D eigenvalue weighted by Crippen LogP contribution is -2.59. The van der Waals surface area contributed by atoms with Crippen LogP contribution in [0, 0.1) is 12.7 Å². The number of carbonyl (C=O) groups is 3. The van der Waals surface area contributed by atoms with E-state index in [1.807, 2.05) is 31.2 Å². The molecule has 2 saturated heterocycles. The Morgan fingerprint density at radius 3 is 2.50 bits per heavy atom. The number of aromatic nitrogens is 1. The van der Waals surface area contributed by atoms with Gasteiger partial charge in [-0.05, 0) is 48.9 Å². The number of piperidine rings is 1. The number of pyridine rings is 1. The number of halogens is 1. The molecule has 0 bridgehead atoms. The summed E-state index contributed by atoms with van der Waals surface area (Å²) >= 11 is 0. The fourth-order valence-electron chi connectivity index (χ4n) is 5.17. The number of likely N-dealkylation sites (tertiary alicyclic amines) is 1. The van der Waals surface area contributed by atoms with E-state index < -0.39 is 17.6 Å². The second kappa shape index (κ2) is 10.7. The zero-order valence-corrected chi connectivity index (χ0v) is 21.1. The number of rotatable bonds is 5. The van der Waals surface area contributed by atoms with Crippen LogP contribution in [0.2, 0.25) is 0 Å². The molecule has 8 nitrogen and oxygen atoms in total. The summed E-state index contributed by atoms with van der Waals surface area (Å²) in [5.74, 6) is -1.37. The second-order valence-corrected chi connectivity index (χ2v) is 9.60. The van der Waals surface area contributed by atoms with E-state index in [9.17, 15) is 18.8 Å². The van der Waals surface area contributed by atoms with Gasteiger partial charge >= 0.3 is 0 Å². The molecule has 2 aliphatic heterocycles. The third kappa shape index (κ3) is 5.02. The van der Waals surface area contributed by atoms with Crippen molar-refractivity contribution >= 4 is 17.7 Å². The average Bonchev–Trinajstić information content (AvgIpc) is 3.30. The molecule has 3 heterocycles. The highest BCUT2D eigenvalue weighted by molar-refractivity contribution is 5.99. The third-order valence-corrected chi connectivity index (χ3v) is 7.23. The molecule has 0 radical (unpaired) electrons. The maximum absolute atomic E-state index is 13.9. The molecule has 2 aromatic carbocycles. The number of nitrogens with one attached hydrogen (secondary N) is 1. The highest BCUT2D eigenvalue weighted by Crippen LogP contribution is 2.39. The van der Waals surface area contributed by atoms with E-state index in [4.69, 9.17) is 4.74 Å². The summed E-state index contributed by atoms with van der Waals surface area (Å²) in [5.41, 5.74) is 1.23. The van der Waals surface area contributed by atoms with Crippen molar-refractivity contribution in [3.63, 3.8) is 0 Å². The van der Waals surface area contributed by atoms with Gasteiger partial charge in [0.1, 0.15) is 17.6 Å². The molecule has 3 aromatic rings. The van der Waals surface area contributed by atoms with Gasteiger partial charge in [0, 0.05) is 43.3 Å². The highest BCUT2D eigenvalue weighted by atomic mass is 19.1. The van der Waals surface area contributed by atoms with Gasteiger partial charge in [-0.2, -0.15) is 0 Å². The zero-order valence-electron chi connectivity index (χ0n) is 21.1. The summed E-state index contributed by atoms with van der Waals surface area (Å²) in [6.45, 7) is 2.73. The Kier molecular flexibility index (Phi) is 7.20. The minimum absolute atomic E-state index is 0.0452. The molecule has 9 heteroatoms. The van der Waals surface area contributed by atoms with Crippen LogP contribution in [-0.2, 0) is 16.1 Å². The smallest absolute Gasteiger partial charge is 0.257 e. The van der Waals surface area contributed by atoms with Gasteiger partial charge in [0.15, 0.2) is 0 Å². The summed E-state index contributed by atoms with van der Waals surface area (Å²) in [5, 5.41) is 2.89. The predicted octanol–water partition coefficient (Wildman–Crippen LogP) is 3.32. The molecule has 1 spiro atoms. The third-order valence-electron chi connectivity index (χ3n) is 7.23.